The number of aryl methyl sites for hydroxylation is 2. The van der Waals surface area contributed by atoms with Gasteiger partial charge in [0.15, 0.2) is 17.3 Å². The van der Waals surface area contributed by atoms with Crippen LogP contribution in [0.4, 0.5) is 0 Å². The van der Waals surface area contributed by atoms with Gasteiger partial charge < -0.3 is 36.9 Å². The van der Waals surface area contributed by atoms with Gasteiger partial charge in [0.2, 0.25) is 27.7 Å². The maximum atomic E-state index is 14.7. The highest BCUT2D eigenvalue weighted by molar-refractivity contribution is 7.89. The quantitative estimate of drug-likeness (QED) is 0.115. The maximum Gasteiger partial charge on any atom is 0.236 e. The van der Waals surface area contributed by atoms with Crippen LogP contribution in [0.3, 0.4) is 0 Å². The van der Waals surface area contributed by atoms with E-state index in [1.807, 2.05) is 30.7 Å². The van der Waals surface area contributed by atoms with Crippen LogP contribution in [0.5, 0.6) is 11.5 Å². The zero-order valence-electron chi connectivity index (χ0n) is 36.3. The molecule has 0 aliphatic carbocycles. The first-order valence-corrected chi connectivity index (χ1v) is 22.5. The number of rotatable bonds is 18. The lowest BCUT2D eigenvalue weighted by atomic mass is 9.87. The third kappa shape index (κ3) is 13.0. The van der Waals surface area contributed by atoms with E-state index in [4.69, 9.17) is 26.7 Å². The lowest BCUT2D eigenvalue weighted by Crippen LogP contribution is -2.47. The van der Waals surface area contributed by atoms with Crippen LogP contribution in [-0.4, -0.2) is 101 Å². The fraction of sp³-hybridized carbons (Fsp3) is 0.467. The number of hydrogen-bond acceptors (Lipinski definition) is 13. The minimum atomic E-state index is -3.90. The van der Waals surface area contributed by atoms with Crippen LogP contribution in [0, 0.1) is 31.6 Å². The summed E-state index contributed by atoms with van der Waals surface area (Å²) in [5.41, 5.74) is 21.8. The second kappa shape index (κ2) is 22.0. The van der Waals surface area contributed by atoms with Crippen molar-refractivity contribution in [1.82, 2.24) is 14.9 Å². The molecule has 5 atom stereocenters. The second-order valence-corrected chi connectivity index (χ2v) is 17.8. The van der Waals surface area contributed by atoms with Gasteiger partial charge in [-0.3, -0.25) is 33.5 Å². The first kappa shape index (κ1) is 49.2. The number of Topliss-reactive ketones (excluding diaryl/α,β-unsaturated/α-hetero) is 3. The number of hydrogen-bond donors (Lipinski definition) is 5. The molecule has 16 nitrogen and oxygen atoms in total. The standard InChI is InChI=1S/C45H60N6O10S/c1-26-7-10-33(27(2)19-26)37(52)25-32(13-14-46)45(57)51(5)42-31-9-12-41(61-18-16-48)35(24-31)34-22-30(8-11-40(34)60-17-15-47)23-36(49-43(55)28(3)21-39(42)54)38(53)20-29(4)44(56)50-62(6,58)59/h7-12,19,22,24,28-29,32,36,42H,13-18,20-21,23,25,46-48H2,1-6H3,(H,49,55)(H,50,56)/t28-,29-,32-,36+,42+/m1/s1. The van der Waals surface area contributed by atoms with Gasteiger partial charge >= 0.3 is 0 Å². The van der Waals surface area contributed by atoms with Gasteiger partial charge in [0, 0.05) is 73.8 Å². The Hall–Kier alpha value is -5.49. The molecule has 0 saturated heterocycles. The third-order valence-corrected chi connectivity index (χ3v) is 11.3. The molecule has 4 rings (SSSR count). The van der Waals surface area contributed by atoms with Crippen LogP contribution >= 0.6 is 0 Å². The van der Waals surface area contributed by atoms with E-state index in [-0.39, 0.29) is 64.3 Å². The minimum absolute atomic E-state index is 0.0439. The number of nitrogens with zero attached hydrogens (tertiary/aromatic N) is 1. The summed E-state index contributed by atoms with van der Waals surface area (Å²) in [6.45, 7) is 7.41. The zero-order chi connectivity index (χ0) is 45.9. The number of nitrogens with two attached hydrogens (primary N) is 3. The van der Waals surface area contributed by atoms with Crippen LogP contribution in [0.2, 0.25) is 0 Å². The molecule has 3 aromatic carbocycles. The number of benzene rings is 3. The molecule has 0 fully saturated rings. The summed E-state index contributed by atoms with van der Waals surface area (Å²) in [6.07, 6.45) is 0.0226. The molecule has 0 radical (unpaired) electrons. The molecule has 62 heavy (non-hydrogen) atoms. The number of fused-ring (bicyclic) bond motifs is 5. The van der Waals surface area contributed by atoms with Crippen molar-refractivity contribution in [2.75, 3.05) is 46.2 Å². The highest BCUT2D eigenvalue weighted by Gasteiger charge is 2.36. The molecule has 336 valence electrons. The monoisotopic (exact) mass is 876 g/mol. The molecule has 8 N–H and O–H groups in total. The number of carbonyl (C=O) groups excluding carboxylic acids is 6. The van der Waals surface area contributed by atoms with Gasteiger partial charge in [-0.05, 0) is 74.2 Å². The van der Waals surface area contributed by atoms with E-state index in [1.54, 1.807) is 42.5 Å². The summed E-state index contributed by atoms with van der Waals surface area (Å²) in [5, 5.41) is 2.78. The van der Waals surface area contributed by atoms with E-state index in [1.165, 1.54) is 25.8 Å². The Labute approximate surface area is 363 Å². The van der Waals surface area contributed by atoms with Crippen molar-refractivity contribution in [1.29, 1.82) is 0 Å². The van der Waals surface area contributed by atoms with Crippen molar-refractivity contribution >= 4 is 45.1 Å². The van der Waals surface area contributed by atoms with E-state index in [2.05, 4.69) is 5.32 Å². The van der Waals surface area contributed by atoms with Gasteiger partial charge in [-0.15, -0.1) is 0 Å². The van der Waals surface area contributed by atoms with Gasteiger partial charge in [0.05, 0.1) is 12.3 Å². The fourth-order valence-corrected chi connectivity index (χ4v) is 8.14. The van der Waals surface area contributed by atoms with Gasteiger partial charge in [-0.1, -0.05) is 49.7 Å². The average molecular weight is 877 g/mol. The summed E-state index contributed by atoms with van der Waals surface area (Å²) in [4.78, 5) is 84.7. The summed E-state index contributed by atoms with van der Waals surface area (Å²) in [7, 11) is -2.42. The largest absolute Gasteiger partial charge is 0.492 e. The van der Waals surface area contributed by atoms with E-state index in [9.17, 15) is 37.2 Å². The first-order chi connectivity index (χ1) is 29.3. The number of ketones is 3. The van der Waals surface area contributed by atoms with Crippen LogP contribution in [-0.2, 0) is 40.4 Å². The molecular formula is C45H60N6O10S. The lowest BCUT2D eigenvalue weighted by molar-refractivity contribution is -0.142. The van der Waals surface area contributed by atoms with E-state index >= 15 is 0 Å². The minimum Gasteiger partial charge on any atom is -0.492 e. The third-order valence-electron chi connectivity index (χ3n) is 10.8. The summed E-state index contributed by atoms with van der Waals surface area (Å²) in [5.74, 6) is -5.50. The molecule has 4 bridgehead atoms. The summed E-state index contributed by atoms with van der Waals surface area (Å²) in [6, 6.07) is 13.2. The van der Waals surface area contributed by atoms with Crippen molar-refractivity contribution in [3.8, 4) is 22.6 Å². The molecule has 3 aromatic rings. The number of carbonyl (C=O) groups is 6. The molecule has 1 aliphatic rings. The smallest absolute Gasteiger partial charge is 0.236 e. The number of amides is 3. The fourth-order valence-electron chi connectivity index (χ4n) is 7.57. The van der Waals surface area contributed by atoms with Gasteiger partial charge in [-0.2, -0.15) is 0 Å². The zero-order valence-corrected chi connectivity index (χ0v) is 37.1. The highest BCUT2D eigenvalue weighted by atomic mass is 32.2. The Balaban J connectivity index is 1.87. The Bertz CT molecular complexity index is 2260. The predicted octanol–water partition coefficient (Wildman–Crippen LogP) is 2.69. The molecule has 0 spiro atoms. The molecule has 1 heterocycles. The van der Waals surface area contributed by atoms with Crippen LogP contribution < -0.4 is 36.7 Å². The molecule has 17 heteroatoms. The van der Waals surface area contributed by atoms with Gasteiger partial charge in [-0.25, -0.2) is 8.42 Å². The average Bonchev–Trinajstić information content (AvgIpc) is 3.20. The van der Waals surface area contributed by atoms with Crippen LogP contribution in [0.1, 0.15) is 78.2 Å². The van der Waals surface area contributed by atoms with Crippen LogP contribution in [0.15, 0.2) is 54.6 Å². The van der Waals surface area contributed by atoms with Gasteiger partial charge in [0.1, 0.15) is 30.8 Å². The predicted molar refractivity (Wildman–Crippen MR) is 235 cm³/mol. The van der Waals surface area contributed by atoms with Crippen molar-refractivity contribution in [2.24, 2.45) is 35.0 Å². The molecule has 0 unspecified atom stereocenters. The number of likely N-dealkylation sites (N-methyl/N-ethyl adjacent to an activating group) is 1. The Morgan fingerprint density at radius 1 is 0.871 bits per heavy atom. The highest BCUT2D eigenvalue weighted by Crippen LogP contribution is 2.41. The van der Waals surface area contributed by atoms with Crippen molar-refractivity contribution in [3.63, 3.8) is 0 Å². The van der Waals surface area contributed by atoms with Crippen molar-refractivity contribution < 1.29 is 46.7 Å². The first-order valence-electron chi connectivity index (χ1n) is 20.7. The normalized spacial score (nSPS) is 17.8. The summed E-state index contributed by atoms with van der Waals surface area (Å²) < 4.78 is 37.6. The Morgan fingerprint density at radius 3 is 2.10 bits per heavy atom. The molecule has 3 amide bonds. The van der Waals surface area contributed by atoms with E-state index in [0.29, 0.717) is 39.3 Å². The number of sulfonamides is 1. The Morgan fingerprint density at radius 2 is 1.50 bits per heavy atom. The molecule has 0 saturated carbocycles. The molecule has 0 aromatic heterocycles. The van der Waals surface area contributed by atoms with E-state index < -0.39 is 75.6 Å². The second-order valence-electron chi connectivity index (χ2n) is 16.1. The number of nitrogens with one attached hydrogen (secondary N) is 2. The molecule has 1 aliphatic heterocycles. The van der Waals surface area contributed by atoms with Crippen molar-refractivity contribution in [2.45, 2.75) is 71.9 Å². The maximum absolute atomic E-state index is 14.7. The SMILES string of the molecule is Cc1ccc(C(=O)C[C@@H](CCN)C(=O)N(C)[C@@H]2C(=O)C[C@@H](C)C(=O)N[C@H](C(=O)C[C@@H](C)C(=O)NS(C)(=O)=O)Cc3ccc(OCCN)c(c3)-c3cc2ccc3OCCN)c(C)c1. The molecular weight excluding hydrogens is 817 g/mol. The van der Waals surface area contributed by atoms with Gasteiger partial charge in [0.25, 0.3) is 0 Å². The van der Waals surface area contributed by atoms with Crippen molar-refractivity contribution in [3.05, 3.63) is 82.4 Å². The number of ether oxygens (including phenoxy) is 2. The topological polar surface area (TPSA) is 260 Å². The Kier molecular flexibility index (Phi) is 17.5. The van der Waals surface area contributed by atoms with E-state index in [0.717, 1.165) is 17.4 Å². The summed E-state index contributed by atoms with van der Waals surface area (Å²) >= 11 is 0. The van der Waals surface area contributed by atoms with Crippen LogP contribution in [0.25, 0.3) is 11.1 Å². The lowest BCUT2D eigenvalue weighted by Gasteiger charge is -2.32.